The molecule has 154 valence electrons. The first-order valence-corrected chi connectivity index (χ1v) is 9.94. The van der Waals surface area contributed by atoms with Gasteiger partial charge in [0.2, 0.25) is 0 Å². The molecular weight excluding hydrogens is 358 g/mol. The molecule has 1 atom stereocenters. The summed E-state index contributed by atoms with van der Waals surface area (Å²) in [5.74, 6) is -0.245. The normalized spacial score (nSPS) is 20.2. The maximum absolute atomic E-state index is 12.4. The molecule has 0 spiro atoms. The van der Waals surface area contributed by atoms with Gasteiger partial charge in [-0.15, -0.1) is 0 Å². The lowest BCUT2D eigenvalue weighted by atomic mass is 10.1. The standard InChI is InChI=1S/C22H31NO5/c1-20(2,3)23-13-15(24)14-6-7-16(27-18(25)21(4)8-9-21)17(12-14)28-19(26)22(5)10-11-22/h6-7,12,15,23-24H,8-11,13H2,1-5H3. The van der Waals surface area contributed by atoms with Gasteiger partial charge in [-0.1, -0.05) is 6.07 Å². The lowest BCUT2D eigenvalue weighted by Gasteiger charge is -2.23. The number of carbonyl (C=O) groups excluding carboxylic acids is 2. The lowest BCUT2D eigenvalue weighted by Crippen LogP contribution is -2.38. The molecule has 0 bridgehead atoms. The molecule has 0 saturated heterocycles. The van der Waals surface area contributed by atoms with Crippen LogP contribution in [0.2, 0.25) is 0 Å². The monoisotopic (exact) mass is 389 g/mol. The third kappa shape index (κ3) is 4.92. The van der Waals surface area contributed by atoms with Crippen LogP contribution in [0, 0.1) is 10.8 Å². The molecule has 1 unspecified atom stereocenters. The van der Waals surface area contributed by atoms with E-state index in [9.17, 15) is 14.7 Å². The number of aliphatic hydroxyl groups excluding tert-OH is 1. The van der Waals surface area contributed by atoms with E-state index in [-0.39, 0.29) is 29.0 Å². The van der Waals surface area contributed by atoms with Crippen LogP contribution in [0.15, 0.2) is 18.2 Å². The molecule has 2 aliphatic rings. The number of β-amino-alcohol motifs (C(OH)–C–C–N with tert-alkyl or cyclic N) is 1. The van der Waals surface area contributed by atoms with Crippen molar-refractivity contribution < 1.29 is 24.2 Å². The molecule has 0 aromatic heterocycles. The first-order valence-electron chi connectivity index (χ1n) is 9.94. The van der Waals surface area contributed by atoms with Crippen molar-refractivity contribution in [3.05, 3.63) is 23.8 Å². The quantitative estimate of drug-likeness (QED) is 0.548. The summed E-state index contributed by atoms with van der Waals surface area (Å²) in [6, 6.07) is 4.89. The van der Waals surface area contributed by atoms with Crippen molar-refractivity contribution in [2.75, 3.05) is 6.54 Å². The number of aliphatic hydroxyl groups is 1. The van der Waals surface area contributed by atoms with Crippen LogP contribution in [0.3, 0.4) is 0 Å². The van der Waals surface area contributed by atoms with Crippen molar-refractivity contribution in [3.63, 3.8) is 0 Å². The minimum Gasteiger partial charge on any atom is -0.422 e. The van der Waals surface area contributed by atoms with Crippen molar-refractivity contribution in [1.29, 1.82) is 0 Å². The van der Waals surface area contributed by atoms with Gasteiger partial charge in [0.1, 0.15) is 0 Å². The summed E-state index contributed by atoms with van der Waals surface area (Å²) in [5, 5.41) is 13.8. The molecule has 0 heterocycles. The van der Waals surface area contributed by atoms with Gasteiger partial charge < -0.3 is 19.9 Å². The number of hydrogen-bond donors (Lipinski definition) is 2. The molecular formula is C22H31NO5. The topological polar surface area (TPSA) is 84.9 Å². The number of hydrogen-bond acceptors (Lipinski definition) is 6. The Labute approximate surface area is 166 Å². The van der Waals surface area contributed by atoms with Gasteiger partial charge in [0.25, 0.3) is 0 Å². The second-order valence-electron chi connectivity index (χ2n) is 9.75. The first kappa shape index (κ1) is 20.8. The van der Waals surface area contributed by atoms with Crippen molar-refractivity contribution in [1.82, 2.24) is 5.32 Å². The predicted molar refractivity (Wildman–Crippen MR) is 105 cm³/mol. The molecule has 1 aromatic rings. The second-order valence-corrected chi connectivity index (χ2v) is 9.75. The zero-order valence-corrected chi connectivity index (χ0v) is 17.4. The maximum Gasteiger partial charge on any atom is 0.317 e. The largest absolute Gasteiger partial charge is 0.422 e. The number of benzene rings is 1. The van der Waals surface area contributed by atoms with Gasteiger partial charge in [0, 0.05) is 12.1 Å². The van der Waals surface area contributed by atoms with Gasteiger partial charge in [-0.25, -0.2) is 0 Å². The molecule has 0 radical (unpaired) electrons. The zero-order chi connectivity index (χ0) is 20.7. The molecule has 0 aliphatic heterocycles. The van der Waals surface area contributed by atoms with Crippen LogP contribution in [-0.2, 0) is 9.59 Å². The highest BCUT2D eigenvalue weighted by Crippen LogP contribution is 2.48. The summed E-state index contributed by atoms with van der Waals surface area (Å²) in [4.78, 5) is 24.8. The number of ether oxygens (including phenoxy) is 2. The van der Waals surface area contributed by atoms with Gasteiger partial charge in [-0.2, -0.15) is 0 Å². The minimum atomic E-state index is -0.779. The van der Waals surface area contributed by atoms with Crippen molar-refractivity contribution in [3.8, 4) is 11.5 Å². The Morgan fingerprint density at radius 1 is 1.04 bits per heavy atom. The highest BCUT2D eigenvalue weighted by atomic mass is 16.6. The molecule has 2 N–H and O–H groups in total. The van der Waals surface area contributed by atoms with E-state index in [1.807, 2.05) is 34.6 Å². The fraction of sp³-hybridized carbons (Fsp3) is 0.636. The van der Waals surface area contributed by atoms with Gasteiger partial charge in [0.05, 0.1) is 16.9 Å². The van der Waals surface area contributed by atoms with Crippen LogP contribution in [0.5, 0.6) is 11.5 Å². The Hall–Kier alpha value is -1.92. The van der Waals surface area contributed by atoms with Crippen LogP contribution in [0.25, 0.3) is 0 Å². The SMILES string of the molecule is CC(C)(C)NCC(O)c1ccc(OC(=O)C2(C)CC2)c(OC(=O)C2(C)CC2)c1. The van der Waals surface area contributed by atoms with Crippen LogP contribution in [-0.4, -0.2) is 29.1 Å². The third-order valence-electron chi connectivity index (χ3n) is 5.57. The fourth-order valence-corrected chi connectivity index (χ4v) is 2.65. The van der Waals surface area contributed by atoms with Gasteiger partial charge >= 0.3 is 11.9 Å². The van der Waals surface area contributed by atoms with E-state index in [4.69, 9.17) is 9.47 Å². The van der Waals surface area contributed by atoms with Crippen molar-refractivity contribution in [2.45, 2.75) is 71.9 Å². The van der Waals surface area contributed by atoms with Crippen LogP contribution in [0.1, 0.15) is 72.0 Å². The summed E-state index contributed by atoms with van der Waals surface area (Å²) < 4.78 is 11.1. The summed E-state index contributed by atoms with van der Waals surface area (Å²) in [6.07, 6.45) is 2.40. The fourth-order valence-electron chi connectivity index (χ4n) is 2.65. The van der Waals surface area contributed by atoms with E-state index in [2.05, 4.69) is 5.32 Å². The van der Waals surface area contributed by atoms with E-state index in [1.165, 1.54) is 0 Å². The average Bonchev–Trinajstić information content (AvgIpc) is 3.53. The molecule has 28 heavy (non-hydrogen) atoms. The van der Waals surface area contributed by atoms with E-state index < -0.39 is 16.9 Å². The number of rotatable bonds is 7. The molecule has 6 heteroatoms. The molecule has 6 nitrogen and oxygen atoms in total. The number of carbonyl (C=O) groups is 2. The zero-order valence-electron chi connectivity index (χ0n) is 17.4. The van der Waals surface area contributed by atoms with Crippen LogP contribution < -0.4 is 14.8 Å². The molecule has 0 amide bonds. The molecule has 2 fully saturated rings. The Morgan fingerprint density at radius 2 is 1.54 bits per heavy atom. The van der Waals surface area contributed by atoms with E-state index >= 15 is 0 Å². The van der Waals surface area contributed by atoms with Crippen molar-refractivity contribution in [2.24, 2.45) is 10.8 Å². The Bertz CT molecular complexity index is 772. The Balaban J connectivity index is 1.80. The van der Waals surface area contributed by atoms with Crippen molar-refractivity contribution >= 4 is 11.9 Å². The Kier molecular flexibility index (Phi) is 5.32. The number of nitrogens with one attached hydrogen (secondary N) is 1. The number of esters is 2. The molecule has 1 aromatic carbocycles. The highest BCUT2D eigenvalue weighted by molar-refractivity contribution is 5.84. The first-order chi connectivity index (χ1) is 12.9. The van der Waals surface area contributed by atoms with Crippen LogP contribution in [0.4, 0.5) is 0 Å². The van der Waals surface area contributed by atoms with E-state index in [1.54, 1.807) is 18.2 Å². The predicted octanol–water partition coefficient (Wildman–Crippen LogP) is 3.52. The van der Waals surface area contributed by atoms with E-state index in [0.717, 1.165) is 25.7 Å². The third-order valence-corrected chi connectivity index (χ3v) is 5.57. The molecule has 2 saturated carbocycles. The lowest BCUT2D eigenvalue weighted by molar-refractivity contribution is -0.142. The summed E-state index contributed by atoms with van der Waals surface area (Å²) in [6.45, 7) is 10.1. The Morgan fingerprint density at radius 3 is 2.00 bits per heavy atom. The maximum atomic E-state index is 12.4. The van der Waals surface area contributed by atoms with Gasteiger partial charge in [0.15, 0.2) is 11.5 Å². The summed E-state index contributed by atoms with van der Waals surface area (Å²) in [7, 11) is 0. The van der Waals surface area contributed by atoms with Gasteiger partial charge in [-0.05, 0) is 78.0 Å². The minimum absolute atomic E-state index is 0.133. The molecule has 3 rings (SSSR count). The summed E-state index contributed by atoms with van der Waals surface area (Å²) >= 11 is 0. The average molecular weight is 389 g/mol. The van der Waals surface area contributed by atoms with E-state index in [0.29, 0.717) is 12.1 Å². The summed E-state index contributed by atoms with van der Waals surface area (Å²) in [5.41, 5.74) is -0.450. The highest BCUT2D eigenvalue weighted by Gasteiger charge is 2.48. The van der Waals surface area contributed by atoms with Gasteiger partial charge in [-0.3, -0.25) is 9.59 Å². The molecule has 2 aliphatic carbocycles. The van der Waals surface area contributed by atoms with Crippen LogP contribution >= 0.6 is 0 Å². The second kappa shape index (κ2) is 7.16. The smallest absolute Gasteiger partial charge is 0.317 e.